The molecule has 0 spiro atoms. The molecule has 0 aliphatic carbocycles. The Hall–Kier alpha value is 0.910. The van der Waals surface area contributed by atoms with Crippen molar-refractivity contribution in [2.75, 3.05) is 18.5 Å². The van der Waals surface area contributed by atoms with E-state index in [0.29, 0.717) is 0 Å². The maximum Gasteiger partial charge on any atom is 0.0697 e. The van der Waals surface area contributed by atoms with Crippen LogP contribution in [0.15, 0.2) is 0 Å². The summed E-state index contributed by atoms with van der Waals surface area (Å²) in [5, 5.41) is 0. The van der Waals surface area contributed by atoms with E-state index < -0.39 is 7.26 Å². The summed E-state index contributed by atoms with van der Waals surface area (Å²) in [7, 11) is -0.771. The molecule has 0 saturated carbocycles. The quantitative estimate of drug-likeness (QED) is 0.0974. The van der Waals surface area contributed by atoms with Gasteiger partial charge in [0, 0.05) is 7.26 Å². The molecule has 0 N–H and O–H groups in total. The van der Waals surface area contributed by atoms with Gasteiger partial charge in [-0.1, -0.05) is 112 Å². The molecule has 0 aliphatic rings. The van der Waals surface area contributed by atoms with E-state index in [-0.39, 0.29) is 17.0 Å². The van der Waals surface area contributed by atoms with Gasteiger partial charge in [-0.25, -0.2) is 0 Å². The maximum absolute atomic E-state index is 2.45. The smallest absolute Gasteiger partial charge is 0.0697 e. The average Bonchev–Trinajstić information content (AvgIpc) is 2.74. The molecule has 0 heterocycles. The third kappa shape index (κ3) is 16.5. The van der Waals surface area contributed by atoms with Gasteiger partial charge in [-0.2, -0.15) is 0 Å². The van der Waals surface area contributed by atoms with Crippen LogP contribution in [0.1, 0.15) is 157 Å². The number of unbranched alkanes of at least 4 members (excludes halogenated alkanes) is 12. The molecule has 0 bridgehead atoms. The highest BCUT2D eigenvalue weighted by atomic mass is 79.9. The second-order valence-corrected chi connectivity index (χ2v) is 14.4. The fraction of sp³-hybridized carbons (Fsp3) is 1.00. The highest BCUT2D eigenvalue weighted by Crippen LogP contribution is 2.67. The predicted octanol–water partition coefficient (Wildman–Crippen LogP) is 7.89. The first-order valence-corrected chi connectivity index (χ1v) is 16.5. The summed E-state index contributed by atoms with van der Waals surface area (Å²) in [4.78, 5) is 0. The Morgan fingerprint density at radius 1 is 0.400 bits per heavy atom. The van der Waals surface area contributed by atoms with E-state index in [4.69, 9.17) is 0 Å². The fourth-order valence-electron chi connectivity index (χ4n) is 5.22. The van der Waals surface area contributed by atoms with Crippen molar-refractivity contribution in [2.45, 2.75) is 162 Å². The molecule has 0 amide bonds. The molecule has 30 heavy (non-hydrogen) atoms. The van der Waals surface area contributed by atoms with Crippen molar-refractivity contribution >= 4 is 7.26 Å². The average molecular weight is 508 g/mol. The first-order valence-electron chi connectivity index (χ1n) is 14.1. The van der Waals surface area contributed by atoms with E-state index in [1.807, 2.05) is 0 Å². The summed E-state index contributed by atoms with van der Waals surface area (Å²) in [5.41, 5.74) is 1.10. The summed E-state index contributed by atoms with van der Waals surface area (Å²) in [5.74, 6) is 0. The topological polar surface area (TPSA) is 0 Å². The van der Waals surface area contributed by atoms with Gasteiger partial charge in [-0.15, -0.1) is 0 Å². The molecule has 0 aromatic heterocycles. The number of hydrogen-bond acceptors (Lipinski definition) is 0. The van der Waals surface area contributed by atoms with E-state index in [1.54, 1.807) is 31.3 Å². The minimum atomic E-state index is -0.771. The molecule has 0 saturated heterocycles. The largest absolute Gasteiger partial charge is 1.00 e. The van der Waals surface area contributed by atoms with E-state index in [1.165, 1.54) is 109 Å². The molecule has 0 aromatic rings. The van der Waals surface area contributed by atoms with Gasteiger partial charge in [0.05, 0.1) is 24.1 Å². The maximum atomic E-state index is 2.45. The fourth-order valence-corrected chi connectivity index (χ4v) is 11.3. The molecule has 1 unspecified atom stereocenters. The Bertz CT molecular complexity index is 310. The molecule has 0 rings (SSSR count). The van der Waals surface area contributed by atoms with Gasteiger partial charge >= 0.3 is 0 Å². The molecule has 1 atom stereocenters. The standard InChI is InChI=1S/C28H60P.BrH/c1-6-11-15-17-18-19-20-22-27-29(25-13-8-3,26-14-9-4)28(23-10-5)24-21-16-12-7-2;/h28H,6-27H2,1-5H3;1H/q+1;/p-1. The molecular formula is C28H60BrP. The van der Waals surface area contributed by atoms with Crippen LogP contribution >= 0.6 is 7.26 Å². The van der Waals surface area contributed by atoms with Gasteiger partial charge in [0.25, 0.3) is 0 Å². The van der Waals surface area contributed by atoms with Crippen LogP contribution in [-0.2, 0) is 0 Å². The van der Waals surface area contributed by atoms with Crippen molar-refractivity contribution in [2.24, 2.45) is 0 Å². The summed E-state index contributed by atoms with van der Waals surface area (Å²) in [6.07, 6.45) is 32.8. The lowest BCUT2D eigenvalue weighted by Crippen LogP contribution is -3.00. The third-order valence-electron chi connectivity index (χ3n) is 7.16. The van der Waals surface area contributed by atoms with Crippen LogP contribution in [0.2, 0.25) is 0 Å². The summed E-state index contributed by atoms with van der Waals surface area (Å²) in [6.45, 7) is 12.0. The second-order valence-electron chi connectivity index (χ2n) is 9.86. The van der Waals surface area contributed by atoms with Gasteiger partial charge in [0.15, 0.2) is 0 Å². The Kier molecular flexibility index (Phi) is 27.1. The zero-order valence-corrected chi connectivity index (χ0v) is 24.4. The summed E-state index contributed by atoms with van der Waals surface area (Å²) in [6, 6.07) is 0. The van der Waals surface area contributed by atoms with Gasteiger partial charge in [-0.05, 0) is 44.9 Å². The van der Waals surface area contributed by atoms with E-state index in [9.17, 15) is 0 Å². The van der Waals surface area contributed by atoms with Crippen molar-refractivity contribution in [3.05, 3.63) is 0 Å². The molecule has 2 heteroatoms. The monoisotopic (exact) mass is 506 g/mol. The summed E-state index contributed by atoms with van der Waals surface area (Å²) < 4.78 is 0. The van der Waals surface area contributed by atoms with E-state index in [0.717, 1.165) is 5.66 Å². The first-order chi connectivity index (χ1) is 14.2. The van der Waals surface area contributed by atoms with Crippen molar-refractivity contribution in [3.8, 4) is 0 Å². The second kappa shape index (κ2) is 24.6. The zero-order chi connectivity index (χ0) is 21.6. The molecule has 0 aliphatic heterocycles. The van der Waals surface area contributed by atoms with E-state index >= 15 is 0 Å². The normalized spacial score (nSPS) is 12.7. The minimum absolute atomic E-state index is 0. The Labute approximate surface area is 204 Å². The molecule has 0 radical (unpaired) electrons. The highest BCUT2D eigenvalue weighted by molar-refractivity contribution is 7.76. The first kappa shape index (κ1) is 33.1. The van der Waals surface area contributed by atoms with Gasteiger partial charge in [-0.3, -0.25) is 0 Å². The Balaban J connectivity index is 0. The molecule has 0 fully saturated rings. The van der Waals surface area contributed by atoms with Gasteiger partial charge < -0.3 is 17.0 Å². The lowest BCUT2D eigenvalue weighted by Gasteiger charge is -2.36. The van der Waals surface area contributed by atoms with Crippen molar-refractivity contribution in [1.29, 1.82) is 0 Å². The molecule has 0 aromatic carbocycles. The number of halogens is 1. The van der Waals surface area contributed by atoms with E-state index in [2.05, 4.69) is 34.6 Å². The van der Waals surface area contributed by atoms with Crippen molar-refractivity contribution in [3.63, 3.8) is 0 Å². The zero-order valence-electron chi connectivity index (χ0n) is 22.0. The third-order valence-corrected chi connectivity index (χ3v) is 12.8. The highest BCUT2D eigenvalue weighted by Gasteiger charge is 2.42. The molecular weight excluding hydrogens is 447 g/mol. The van der Waals surface area contributed by atoms with Crippen LogP contribution in [0.3, 0.4) is 0 Å². The molecule has 0 nitrogen and oxygen atoms in total. The van der Waals surface area contributed by atoms with Crippen LogP contribution < -0.4 is 17.0 Å². The van der Waals surface area contributed by atoms with Crippen LogP contribution in [0, 0.1) is 0 Å². The van der Waals surface area contributed by atoms with Gasteiger partial charge in [0.2, 0.25) is 0 Å². The van der Waals surface area contributed by atoms with Crippen molar-refractivity contribution in [1.82, 2.24) is 0 Å². The van der Waals surface area contributed by atoms with Crippen LogP contribution in [-0.4, -0.2) is 24.1 Å². The Morgan fingerprint density at radius 3 is 1.27 bits per heavy atom. The van der Waals surface area contributed by atoms with Gasteiger partial charge in [0.1, 0.15) is 0 Å². The van der Waals surface area contributed by atoms with Crippen molar-refractivity contribution < 1.29 is 17.0 Å². The summed E-state index contributed by atoms with van der Waals surface area (Å²) >= 11 is 0. The molecule has 184 valence electrons. The van der Waals surface area contributed by atoms with Crippen LogP contribution in [0.5, 0.6) is 0 Å². The van der Waals surface area contributed by atoms with Crippen LogP contribution in [0.25, 0.3) is 0 Å². The minimum Gasteiger partial charge on any atom is -1.00 e. The van der Waals surface area contributed by atoms with Crippen LogP contribution in [0.4, 0.5) is 0 Å². The number of rotatable bonds is 23. The predicted molar refractivity (Wildman–Crippen MR) is 141 cm³/mol. The lowest BCUT2D eigenvalue weighted by atomic mass is 10.1. The Morgan fingerprint density at radius 2 is 0.800 bits per heavy atom. The lowest BCUT2D eigenvalue weighted by molar-refractivity contribution is -0.00000668. The SMILES string of the molecule is CCCCCCCCCC[P+](CCCC)(CCCC)C(CCC)CCCCCC.[Br-]. The number of hydrogen-bond donors (Lipinski definition) is 0.